The van der Waals surface area contributed by atoms with Crippen molar-refractivity contribution < 1.29 is 177 Å². The van der Waals surface area contributed by atoms with Crippen molar-refractivity contribution in [1.82, 2.24) is 88.5 Å². The number of phenols is 2. The molecule has 113 heavy (non-hydrogen) atoms. The number of hydrogen-bond donors (Lipinski definition) is 18. The largest absolute Gasteiger partial charge is 0.508 e. The van der Waals surface area contributed by atoms with Crippen molar-refractivity contribution in [2.45, 2.75) is 160 Å². The van der Waals surface area contributed by atoms with Crippen LogP contribution >= 0.6 is 21.6 Å². The van der Waals surface area contributed by atoms with Crippen molar-refractivity contribution in [1.29, 1.82) is 0 Å². The van der Waals surface area contributed by atoms with Crippen LogP contribution < -0.4 is 80.4 Å². The summed E-state index contributed by atoms with van der Waals surface area (Å²) >= 11 is 0. The number of carbonyl (C=O) groups is 16. The molecule has 43 heteroatoms. The average Bonchev–Trinajstić information content (AvgIpc) is 1.65. The molecule has 15 amide bonds. The molecule has 2 fully saturated rings. The monoisotopic (exact) mass is 1910 g/mol. The van der Waals surface area contributed by atoms with Gasteiger partial charge in [-0.3, -0.25) is 81.5 Å². The summed E-state index contributed by atoms with van der Waals surface area (Å²) in [6.45, 7) is 11.9. The van der Waals surface area contributed by atoms with Crippen molar-refractivity contribution in [2.24, 2.45) is 11.8 Å². The maximum absolute atomic E-state index is 15.0. The summed E-state index contributed by atoms with van der Waals surface area (Å²) in [7, 11) is 2.89. The molecule has 0 aliphatic carbocycles. The summed E-state index contributed by atoms with van der Waals surface area (Å²) in [5.41, 5.74) is -1.07. The molecule has 2 saturated heterocycles. The van der Waals surface area contributed by atoms with Gasteiger partial charge in [-0.1, -0.05) is 73.5 Å². The number of benzene rings is 2. The Labute approximate surface area is 722 Å². The smallest absolute Gasteiger partial charge is 0.328 e. The number of carbonyl (C=O) groups excluding carboxylic acids is 15. The van der Waals surface area contributed by atoms with E-state index in [1.807, 2.05) is 0 Å². The molecule has 1 aromatic heterocycles. The van der Waals surface area contributed by atoms with Crippen LogP contribution in [0.4, 0.5) is 0 Å². The van der Waals surface area contributed by atoms with E-state index in [4.69, 9.17) is 0 Å². The number of nitrogens with zero attached hydrogens (tertiary/aromatic N) is 3. The van der Waals surface area contributed by atoms with Crippen LogP contribution in [0.2, 0.25) is 0 Å². The number of aliphatic carboxylic acids is 1. The molecule has 5 rings (SSSR count). The van der Waals surface area contributed by atoms with E-state index >= 15 is 0 Å². The van der Waals surface area contributed by atoms with Gasteiger partial charge >= 0.3 is 11.7 Å². The van der Waals surface area contributed by atoms with Gasteiger partial charge < -0.3 is 123 Å². The van der Waals surface area contributed by atoms with Crippen molar-refractivity contribution in [2.75, 3.05) is 57.8 Å². The van der Waals surface area contributed by atoms with Crippen molar-refractivity contribution >= 4 is 116 Å². The Morgan fingerprint density at radius 1 is 0.655 bits per heavy atom. The molecule has 0 saturated carbocycles. The maximum atomic E-state index is 15.0. The van der Waals surface area contributed by atoms with Crippen LogP contribution in [0.1, 0.15) is 83.4 Å². The summed E-state index contributed by atoms with van der Waals surface area (Å²) in [6, 6.07) is -5.57. The number of aliphatic hydroxyl groups is 1. The molecule has 0 radical (unpaired) electrons. The fourth-order valence-corrected chi connectivity index (χ4v) is 13.8. The number of hydrogen-bond acceptors (Lipinski definition) is 23. The number of amides is 15. The molecule has 3 heterocycles. The third kappa shape index (κ3) is 33.3. The van der Waals surface area contributed by atoms with E-state index in [9.17, 15) is 107 Å². The van der Waals surface area contributed by atoms with Gasteiger partial charge in [0.25, 0.3) is 5.56 Å². The van der Waals surface area contributed by atoms with Crippen LogP contribution in [0.15, 0.2) is 64.3 Å². The molecule has 624 valence electrons. The second kappa shape index (κ2) is 48.5. The fourth-order valence-electron chi connectivity index (χ4n) is 11.5. The number of aromatic nitrogens is 2. The summed E-state index contributed by atoms with van der Waals surface area (Å²) < 4.78 is 0.856. The molecule has 0 bridgehead atoms. The van der Waals surface area contributed by atoms with Gasteiger partial charge in [-0.05, 0) is 86.8 Å². The number of aryl methyl sites for hydroxylation is 1. The molecular weight excluding hydrogens is 1810 g/mol. The van der Waals surface area contributed by atoms with Crippen LogP contribution in [0.25, 0.3) is 0 Å². The zero-order valence-electron chi connectivity index (χ0n) is 62.9. The first-order valence-electron chi connectivity index (χ1n) is 35.3. The third-order valence-corrected chi connectivity index (χ3v) is 19.6. The first-order chi connectivity index (χ1) is 52.3. The van der Waals surface area contributed by atoms with Gasteiger partial charge in [0.05, 0.1) is 37.4 Å². The number of carboxylic acids is 1. The van der Waals surface area contributed by atoms with Crippen LogP contribution in [0.3, 0.4) is 0 Å². The molecule has 2 aliphatic rings. The fraction of sp³-hybridized carbons (Fsp3) is 0.514. The molecule has 2 aromatic carbocycles. The number of H-pyrrole nitrogens is 1. The van der Waals surface area contributed by atoms with Crippen LogP contribution in [0.5, 0.6) is 11.5 Å². The van der Waals surface area contributed by atoms with Gasteiger partial charge in [-0.25, -0.2) is 4.79 Å². The average molecular weight is 1910 g/mol. The zero-order chi connectivity index (χ0) is 82.5. The summed E-state index contributed by atoms with van der Waals surface area (Å²) in [6.07, 6.45) is -2.46. The molecular formula is C70H97Gd2N17O22S2-2. The number of rotatable bonds is 29. The van der Waals surface area contributed by atoms with E-state index < -0.39 is 236 Å². The quantitative estimate of drug-likeness (QED) is 0.0227. The van der Waals surface area contributed by atoms with Crippen molar-refractivity contribution in [3.8, 4) is 11.5 Å². The normalized spacial score (nSPS) is 19.8. The van der Waals surface area contributed by atoms with Crippen molar-refractivity contribution in [3.63, 3.8) is 0 Å². The Morgan fingerprint density at radius 3 is 1.78 bits per heavy atom. The minimum absolute atomic E-state index is 0. The van der Waals surface area contributed by atoms with Crippen LogP contribution in [0, 0.1) is 112 Å². The van der Waals surface area contributed by atoms with Gasteiger partial charge in [0.15, 0.2) is 0 Å². The first kappa shape index (κ1) is 98.5. The Morgan fingerprint density at radius 2 is 1.22 bits per heavy atom. The number of phenolic OH excluding ortho intramolecular Hbond substituents is 2. The van der Waals surface area contributed by atoms with Gasteiger partial charge in [-0.2, -0.15) is 0 Å². The number of likely N-dealkylation sites (N-methyl/N-ethyl adjacent to an activating group) is 1. The predicted octanol–water partition coefficient (Wildman–Crippen LogP) is -5.97. The third-order valence-electron chi connectivity index (χ3n) is 17.1. The summed E-state index contributed by atoms with van der Waals surface area (Å²) in [4.78, 5) is 251. The molecule has 2 aliphatic heterocycles. The summed E-state index contributed by atoms with van der Waals surface area (Å²) in [5.74, 6) is -18.3. The van der Waals surface area contributed by atoms with E-state index in [1.54, 1.807) is 27.7 Å². The molecule has 11 atom stereocenters. The molecule has 3 unspecified atom stereocenters. The van der Waals surface area contributed by atoms with Gasteiger partial charge in [-0.15, -0.1) is 0 Å². The van der Waals surface area contributed by atoms with Gasteiger partial charge in [0, 0.05) is 149 Å². The Bertz CT molecular complexity index is 4000. The molecule has 18 N–H and O–H groups in total. The molecule has 39 nitrogen and oxygen atoms in total. The number of carboxylic acid groups (broad SMARTS) is 1. The first-order valence-corrected chi connectivity index (χ1v) is 37.8. The van der Waals surface area contributed by atoms with E-state index in [-0.39, 0.29) is 153 Å². The van der Waals surface area contributed by atoms with Gasteiger partial charge in [0.2, 0.25) is 76.8 Å². The Balaban J connectivity index is 0.0000165. The molecule has 0 spiro atoms. The zero-order valence-corrected chi connectivity index (χ0v) is 69.1. The number of aliphatic hydroxyl groups excluding tert-OH is 1. The van der Waals surface area contributed by atoms with Crippen LogP contribution in [-0.2, 0) is 96.1 Å². The number of aromatic amines is 1. The number of nitrogens with one attached hydrogen (secondary N) is 14. The molecule has 3 aromatic rings. The number of aromatic hydroxyl groups is 2. The maximum Gasteiger partial charge on any atom is 0.328 e. The minimum atomic E-state index is -2.09. The Hall–Kier alpha value is -8.71. The van der Waals surface area contributed by atoms with Gasteiger partial charge in [0.1, 0.15) is 78.5 Å². The minimum Gasteiger partial charge on any atom is -0.508 e. The number of likely N-dealkylation sites (tertiary alicyclic amines) is 1. The van der Waals surface area contributed by atoms with E-state index in [1.165, 1.54) is 62.5 Å². The standard InChI is InChI=1S/C70H97N17O22S2.2Gd/c1-35(2)23-45(60(99)71-9)77-66(105)52-34-111-110-33-51(65(104)80-48(27-57(96)97)64(103)79-47(26-42-14-18-44(92)19-15-42)63(102)78-46(25-41-12-16-43(91)17-13-41)61(100)74-29-54(93)83-58(38(6)88)68(107)82-52)81-67(106)53-11-10-21-87(53)69(108)49(24-36(3)4)76-55(94)31-85(56(95)32-86-30-37(5)59(98)84-70(86)109)22-20-72-62(101)50(75-40(8)90)28-73-39(7)89;;/h12-19,30,35-36,38,45-53,58,88,91-92H,7-8,10-11,20-29,31-34H2,1-6,9H3,(H,71,99)(H,72,101)(H,73,89)(H,74,100)(H,75,90)(H,76,94)(H,77,105)(H,78,102)(H,79,103)(H,80,104)(H,81,106)(H,82,107)(H,83,93)(H,96,97)(H,84,98,109);;/q-2;;/t38?,45-,46-,47-,48-,49?,50?,51-,52-,53-,58-;;/m0../s1. The van der Waals surface area contributed by atoms with E-state index in [0.29, 0.717) is 5.56 Å². The van der Waals surface area contributed by atoms with E-state index in [2.05, 4.69) is 87.9 Å². The SMILES string of the molecule is [CH2-]C(=O)NCC(NC([CH2-])=O)C(=O)NCCN(CC(=O)NC(CC(C)C)C(=O)N1CCC[C@H]1C(=O)N[C@H]1CSSC[C@@H](C(=O)N[C@@H](CC(C)C)C(=O)NC)NC(=O)[C@H](C(C)O)NC(=O)CNC(=O)[C@H](Cc2ccc(O)cc2)NC(=O)[C@H](Cc2ccc(O)cc2)NC(=O)[C@H](CC(=O)O)NC1=O)C(=O)Cn1cc(C)c(=O)[nH]c1=O.[Gd].[Gd]. The summed E-state index contributed by atoms with van der Waals surface area (Å²) in [5, 5.41) is 73.3. The van der Waals surface area contributed by atoms with E-state index in [0.717, 1.165) is 49.1 Å². The Kier molecular flexibility index (Phi) is 42.3. The topological polar surface area (TPSA) is 572 Å². The predicted molar refractivity (Wildman–Crippen MR) is 400 cm³/mol. The second-order valence-corrected chi connectivity index (χ2v) is 29.7. The van der Waals surface area contributed by atoms with Crippen LogP contribution in [-0.4, -0.2) is 259 Å². The van der Waals surface area contributed by atoms with Crippen molar-refractivity contribution in [3.05, 3.63) is 106 Å². The second-order valence-electron chi connectivity index (χ2n) is 27.2.